The molecule has 2 aliphatic heterocycles. The number of likely N-dealkylation sites (tertiary alicyclic amines) is 1. The van der Waals surface area contributed by atoms with Gasteiger partial charge in [-0.25, -0.2) is 4.98 Å². The summed E-state index contributed by atoms with van der Waals surface area (Å²) in [6.45, 7) is 4.65. The standard InChI is InChI=1S/C16H22N4O/c1-2-9-19(10-3-1)13-6-11-20(12-7-13)16-18-15-14(21-16)5-4-8-17-15/h4-5,8,13H,1-3,6-7,9-12H2. The molecule has 4 rings (SSSR count). The van der Waals surface area contributed by atoms with Gasteiger partial charge in [0.2, 0.25) is 5.65 Å². The molecule has 0 saturated carbocycles. The molecule has 0 unspecified atom stereocenters. The van der Waals surface area contributed by atoms with Gasteiger partial charge in [0.25, 0.3) is 6.01 Å². The highest BCUT2D eigenvalue weighted by atomic mass is 16.4. The number of hydrogen-bond donors (Lipinski definition) is 0. The van der Waals surface area contributed by atoms with Crippen molar-refractivity contribution in [3.05, 3.63) is 18.3 Å². The average Bonchev–Trinajstić information content (AvgIpc) is 3.00. The van der Waals surface area contributed by atoms with Crippen molar-refractivity contribution in [2.45, 2.75) is 38.1 Å². The number of rotatable bonds is 2. The van der Waals surface area contributed by atoms with Crippen LogP contribution in [0.15, 0.2) is 22.7 Å². The highest BCUT2D eigenvalue weighted by Crippen LogP contribution is 2.26. The third kappa shape index (κ3) is 2.62. The van der Waals surface area contributed by atoms with Gasteiger partial charge in [-0.2, -0.15) is 4.98 Å². The van der Waals surface area contributed by atoms with Crippen LogP contribution in [0.4, 0.5) is 6.01 Å². The molecule has 21 heavy (non-hydrogen) atoms. The van der Waals surface area contributed by atoms with E-state index >= 15 is 0 Å². The van der Waals surface area contributed by atoms with Gasteiger partial charge in [-0.15, -0.1) is 0 Å². The van der Waals surface area contributed by atoms with E-state index in [1.54, 1.807) is 6.20 Å². The lowest BCUT2D eigenvalue weighted by molar-refractivity contribution is 0.140. The molecule has 5 nitrogen and oxygen atoms in total. The van der Waals surface area contributed by atoms with E-state index in [1.165, 1.54) is 45.2 Å². The Bertz CT molecular complexity index is 564. The molecule has 0 atom stereocenters. The first kappa shape index (κ1) is 13.1. The van der Waals surface area contributed by atoms with Crippen molar-refractivity contribution < 1.29 is 4.42 Å². The molecule has 0 radical (unpaired) electrons. The van der Waals surface area contributed by atoms with Crippen LogP contribution in [-0.4, -0.2) is 47.1 Å². The lowest BCUT2D eigenvalue weighted by atomic mass is 10.0. The van der Waals surface area contributed by atoms with Gasteiger partial charge in [0.15, 0.2) is 5.58 Å². The number of piperidine rings is 2. The summed E-state index contributed by atoms with van der Waals surface area (Å²) in [5.41, 5.74) is 1.50. The first-order valence-electron chi connectivity index (χ1n) is 8.11. The van der Waals surface area contributed by atoms with Gasteiger partial charge in [-0.05, 0) is 50.9 Å². The number of hydrogen-bond acceptors (Lipinski definition) is 5. The third-order valence-electron chi connectivity index (χ3n) is 4.80. The molecule has 0 bridgehead atoms. The predicted octanol–water partition coefficient (Wildman–Crippen LogP) is 2.68. The summed E-state index contributed by atoms with van der Waals surface area (Å²) in [5.74, 6) is 0. The second-order valence-electron chi connectivity index (χ2n) is 6.14. The van der Waals surface area contributed by atoms with E-state index in [0.29, 0.717) is 5.65 Å². The van der Waals surface area contributed by atoms with Crippen LogP contribution in [0.2, 0.25) is 0 Å². The molecule has 4 heterocycles. The Kier molecular flexibility index (Phi) is 3.51. The van der Waals surface area contributed by atoms with Gasteiger partial charge >= 0.3 is 0 Å². The summed E-state index contributed by atoms with van der Waals surface area (Å²) >= 11 is 0. The molecule has 5 heteroatoms. The maximum Gasteiger partial charge on any atom is 0.299 e. The smallest absolute Gasteiger partial charge is 0.299 e. The number of pyridine rings is 1. The molecular weight excluding hydrogens is 264 g/mol. The minimum Gasteiger partial charge on any atom is -0.422 e. The number of nitrogens with zero attached hydrogens (tertiary/aromatic N) is 4. The summed E-state index contributed by atoms with van der Waals surface area (Å²) in [7, 11) is 0. The van der Waals surface area contributed by atoms with E-state index < -0.39 is 0 Å². The van der Waals surface area contributed by atoms with Gasteiger partial charge in [0.05, 0.1) is 0 Å². The molecule has 2 aliphatic rings. The van der Waals surface area contributed by atoms with Gasteiger partial charge in [-0.1, -0.05) is 6.42 Å². The average molecular weight is 286 g/mol. The minimum absolute atomic E-state index is 0.714. The molecule has 2 saturated heterocycles. The molecular formula is C16H22N4O. The van der Waals surface area contributed by atoms with Crippen molar-refractivity contribution in [3.63, 3.8) is 0 Å². The van der Waals surface area contributed by atoms with Crippen molar-refractivity contribution in [2.75, 3.05) is 31.1 Å². The van der Waals surface area contributed by atoms with Crippen LogP contribution >= 0.6 is 0 Å². The fourth-order valence-electron chi connectivity index (χ4n) is 3.60. The molecule has 0 aliphatic carbocycles. The summed E-state index contributed by atoms with van der Waals surface area (Å²) in [6, 6.07) is 5.31. The SMILES string of the molecule is c1cnc2nc(N3CCC(N4CCCCC4)CC3)oc2c1. The Morgan fingerprint density at radius 3 is 2.62 bits per heavy atom. The van der Waals surface area contributed by atoms with Crippen LogP contribution in [-0.2, 0) is 0 Å². The Labute approximate surface area is 125 Å². The molecule has 2 aromatic rings. The highest BCUT2D eigenvalue weighted by molar-refractivity contribution is 5.69. The molecule has 2 aromatic heterocycles. The van der Waals surface area contributed by atoms with E-state index in [1.807, 2.05) is 12.1 Å². The molecule has 0 aromatic carbocycles. The van der Waals surface area contributed by atoms with Crippen molar-refractivity contribution in [1.82, 2.24) is 14.9 Å². The fourth-order valence-corrected chi connectivity index (χ4v) is 3.60. The zero-order valence-electron chi connectivity index (χ0n) is 12.4. The normalized spacial score (nSPS) is 22.0. The third-order valence-corrected chi connectivity index (χ3v) is 4.80. The van der Waals surface area contributed by atoms with Crippen LogP contribution in [0.1, 0.15) is 32.1 Å². The van der Waals surface area contributed by atoms with Crippen molar-refractivity contribution >= 4 is 17.2 Å². The predicted molar refractivity (Wildman–Crippen MR) is 82.5 cm³/mol. The topological polar surface area (TPSA) is 45.4 Å². The lowest BCUT2D eigenvalue weighted by Crippen LogP contribution is -2.46. The molecule has 0 spiro atoms. The Hall–Kier alpha value is -1.62. The molecule has 2 fully saturated rings. The van der Waals surface area contributed by atoms with E-state index in [-0.39, 0.29) is 0 Å². The first-order chi connectivity index (χ1) is 10.4. The van der Waals surface area contributed by atoms with Gasteiger partial charge in [0.1, 0.15) is 0 Å². The molecule has 112 valence electrons. The van der Waals surface area contributed by atoms with Gasteiger partial charge in [0, 0.05) is 25.3 Å². The van der Waals surface area contributed by atoms with Crippen LogP contribution in [0.3, 0.4) is 0 Å². The van der Waals surface area contributed by atoms with Crippen LogP contribution in [0, 0.1) is 0 Å². The lowest BCUT2D eigenvalue weighted by Gasteiger charge is -2.39. The number of anilines is 1. The summed E-state index contributed by atoms with van der Waals surface area (Å²) in [5, 5.41) is 0. The first-order valence-corrected chi connectivity index (χ1v) is 8.11. The summed E-state index contributed by atoms with van der Waals surface area (Å²) in [6.07, 6.45) is 8.34. The number of aromatic nitrogens is 2. The summed E-state index contributed by atoms with van der Waals surface area (Å²) in [4.78, 5) is 13.7. The zero-order chi connectivity index (χ0) is 14.1. The van der Waals surface area contributed by atoms with E-state index in [4.69, 9.17) is 4.42 Å². The van der Waals surface area contributed by atoms with Crippen molar-refractivity contribution in [1.29, 1.82) is 0 Å². The van der Waals surface area contributed by atoms with Crippen LogP contribution < -0.4 is 4.90 Å². The van der Waals surface area contributed by atoms with Crippen molar-refractivity contribution in [2.24, 2.45) is 0 Å². The summed E-state index contributed by atoms with van der Waals surface area (Å²) < 4.78 is 5.83. The fraction of sp³-hybridized carbons (Fsp3) is 0.625. The largest absolute Gasteiger partial charge is 0.422 e. The maximum atomic E-state index is 5.83. The van der Waals surface area contributed by atoms with Crippen LogP contribution in [0.25, 0.3) is 11.2 Å². The highest BCUT2D eigenvalue weighted by Gasteiger charge is 2.27. The Morgan fingerprint density at radius 1 is 1.05 bits per heavy atom. The van der Waals surface area contributed by atoms with E-state index in [0.717, 1.165) is 30.7 Å². The Morgan fingerprint density at radius 2 is 1.86 bits per heavy atom. The van der Waals surface area contributed by atoms with E-state index in [9.17, 15) is 0 Å². The Balaban J connectivity index is 1.42. The molecule has 0 N–H and O–H groups in total. The molecule has 0 amide bonds. The van der Waals surface area contributed by atoms with Crippen molar-refractivity contribution in [3.8, 4) is 0 Å². The quantitative estimate of drug-likeness (QED) is 0.849. The minimum atomic E-state index is 0.714. The monoisotopic (exact) mass is 286 g/mol. The van der Waals surface area contributed by atoms with Gasteiger partial charge in [-0.3, -0.25) is 0 Å². The number of fused-ring (bicyclic) bond motifs is 1. The van der Waals surface area contributed by atoms with E-state index in [2.05, 4.69) is 19.8 Å². The second kappa shape index (κ2) is 5.64. The zero-order valence-corrected chi connectivity index (χ0v) is 12.4. The maximum absolute atomic E-state index is 5.83. The second-order valence-corrected chi connectivity index (χ2v) is 6.14. The number of oxazole rings is 1. The van der Waals surface area contributed by atoms with Crippen LogP contribution in [0.5, 0.6) is 0 Å². The van der Waals surface area contributed by atoms with Gasteiger partial charge < -0.3 is 14.2 Å².